The summed E-state index contributed by atoms with van der Waals surface area (Å²) >= 11 is 19.2. The lowest BCUT2D eigenvalue weighted by Gasteiger charge is -2.11. The summed E-state index contributed by atoms with van der Waals surface area (Å²) in [6.07, 6.45) is 14.7. The zero-order chi connectivity index (χ0) is 31.2. The number of nitrogens with one attached hydrogen (secondary N) is 2. The topological polar surface area (TPSA) is 102 Å². The van der Waals surface area contributed by atoms with Crippen LogP contribution in [0.15, 0.2) is 41.2 Å². The molecule has 0 fully saturated rings. The van der Waals surface area contributed by atoms with E-state index in [0.29, 0.717) is 17.3 Å². The molecule has 0 aliphatic rings. The number of ether oxygens (including phenoxy) is 2. The fourth-order valence-electron chi connectivity index (χ4n) is 4.73. The van der Waals surface area contributed by atoms with Gasteiger partial charge in [-0.25, -0.2) is 14.3 Å². The summed E-state index contributed by atoms with van der Waals surface area (Å²) in [5.74, 6) is -0.788. The van der Waals surface area contributed by atoms with Crippen molar-refractivity contribution in [2.75, 3.05) is 19.0 Å². The minimum atomic E-state index is -0.531. The molecule has 0 radical (unpaired) electrons. The normalized spacial score (nSPS) is 11.0. The quantitative estimate of drug-likeness (QED) is 0.105. The van der Waals surface area contributed by atoms with Crippen molar-refractivity contribution in [1.82, 2.24) is 9.78 Å². The van der Waals surface area contributed by atoms with Gasteiger partial charge in [-0.05, 0) is 36.8 Å². The van der Waals surface area contributed by atoms with E-state index in [1.54, 1.807) is 0 Å². The minimum Gasteiger partial charge on any atom is -0.465 e. The van der Waals surface area contributed by atoms with E-state index in [1.807, 2.05) is 0 Å². The molecule has 43 heavy (non-hydrogen) atoms. The molecule has 0 unspecified atom stereocenters. The lowest BCUT2D eigenvalue weighted by molar-refractivity contribution is 0.0497. The van der Waals surface area contributed by atoms with Gasteiger partial charge in [-0.2, -0.15) is 0 Å². The van der Waals surface area contributed by atoms with Gasteiger partial charge in [-0.3, -0.25) is 9.89 Å². The Labute approximate surface area is 268 Å². The van der Waals surface area contributed by atoms with Crippen LogP contribution in [-0.2, 0) is 9.47 Å². The predicted molar refractivity (Wildman–Crippen MR) is 174 cm³/mol. The van der Waals surface area contributed by atoms with Crippen molar-refractivity contribution < 1.29 is 19.1 Å². The Kier molecular flexibility index (Phi) is 14.5. The molecule has 3 aromatic rings. The highest BCUT2D eigenvalue weighted by Gasteiger charge is 2.18. The van der Waals surface area contributed by atoms with Gasteiger partial charge in [0.25, 0.3) is 5.56 Å². The summed E-state index contributed by atoms with van der Waals surface area (Å²) in [4.78, 5) is 37.3. The molecule has 1 aromatic heterocycles. The van der Waals surface area contributed by atoms with Crippen LogP contribution < -0.4 is 10.9 Å². The number of unbranched alkanes of at least 4 members (excludes halogenated alkanes) is 11. The van der Waals surface area contributed by atoms with E-state index >= 15 is 0 Å². The van der Waals surface area contributed by atoms with Crippen LogP contribution in [0, 0.1) is 0 Å². The zero-order valence-corrected chi connectivity index (χ0v) is 27.0. The van der Waals surface area contributed by atoms with Crippen LogP contribution in [0.5, 0.6) is 0 Å². The van der Waals surface area contributed by atoms with Gasteiger partial charge in [-0.1, -0.05) is 112 Å². The van der Waals surface area contributed by atoms with Gasteiger partial charge in [0.2, 0.25) is 0 Å². The fourth-order valence-corrected chi connectivity index (χ4v) is 5.55. The molecule has 0 amide bonds. The Morgan fingerprint density at radius 3 is 1.93 bits per heavy atom. The Balaban J connectivity index is 1.50. The Hall–Kier alpha value is -2.94. The van der Waals surface area contributed by atoms with E-state index in [4.69, 9.17) is 44.3 Å². The summed E-state index contributed by atoms with van der Waals surface area (Å²) in [7, 11) is 1.28. The molecule has 11 heteroatoms. The van der Waals surface area contributed by atoms with Crippen LogP contribution in [0.1, 0.15) is 105 Å². The summed E-state index contributed by atoms with van der Waals surface area (Å²) in [6.45, 7) is 2.56. The number of esters is 2. The first-order valence-electron chi connectivity index (χ1n) is 14.9. The molecule has 234 valence electrons. The molecular formula is C32H40Cl3N3O5. The van der Waals surface area contributed by atoms with Crippen molar-refractivity contribution in [2.45, 2.75) is 84.0 Å². The number of aromatic amines is 1. The zero-order valence-electron chi connectivity index (χ0n) is 24.8. The number of hydrogen-bond donors (Lipinski definition) is 2. The summed E-state index contributed by atoms with van der Waals surface area (Å²) < 4.78 is 11.3. The van der Waals surface area contributed by atoms with Crippen molar-refractivity contribution in [1.29, 1.82) is 0 Å². The standard InChI is InChI=1S/C32H40Cl3N3O5/c1-3-4-5-6-7-8-9-10-11-12-13-14-17-43-32(41)23-18-25(34)30(26(35)19-23)38-29(39)21-28(37-38)36-27-20-22(31(40)42-2)15-16-24(27)33/h15-16,18-21,36-37H,3-14,17H2,1-2H3. The van der Waals surface area contributed by atoms with Gasteiger partial charge in [0.1, 0.15) is 11.5 Å². The molecule has 0 saturated carbocycles. The Morgan fingerprint density at radius 1 is 0.767 bits per heavy atom. The monoisotopic (exact) mass is 651 g/mol. The van der Waals surface area contributed by atoms with Crippen LogP contribution in [0.4, 0.5) is 11.5 Å². The third-order valence-corrected chi connectivity index (χ3v) is 7.99. The van der Waals surface area contributed by atoms with Gasteiger partial charge in [0.15, 0.2) is 0 Å². The van der Waals surface area contributed by atoms with Gasteiger partial charge >= 0.3 is 11.9 Å². The summed E-state index contributed by atoms with van der Waals surface area (Å²) in [5.41, 5.74) is 0.564. The SMILES string of the molecule is CCCCCCCCCCCCCCOC(=O)c1cc(Cl)c(-n2[nH]c(Nc3cc(C(=O)OC)ccc3Cl)cc2=O)c(Cl)c1. The largest absolute Gasteiger partial charge is 0.465 e. The van der Waals surface area contributed by atoms with Crippen molar-refractivity contribution in [3.8, 4) is 5.69 Å². The van der Waals surface area contributed by atoms with Crippen LogP contribution in [-0.4, -0.2) is 35.4 Å². The first kappa shape index (κ1) is 34.5. The number of hydrogen-bond acceptors (Lipinski definition) is 6. The van der Waals surface area contributed by atoms with Crippen LogP contribution >= 0.6 is 34.8 Å². The average Bonchev–Trinajstić information content (AvgIpc) is 3.34. The lowest BCUT2D eigenvalue weighted by atomic mass is 10.1. The molecule has 0 aliphatic heterocycles. The van der Waals surface area contributed by atoms with E-state index in [9.17, 15) is 14.4 Å². The van der Waals surface area contributed by atoms with Gasteiger partial charge in [0.05, 0.1) is 45.6 Å². The molecule has 1 heterocycles. The number of aromatic nitrogens is 2. The second-order valence-electron chi connectivity index (χ2n) is 10.5. The highest BCUT2D eigenvalue weighted by atomic mass is 35.5. The van der Waals surface area contributed by atoms with Crippen LogP contribution in [0.2, 0.25) is 15.1 Å². The van der Waals surface area contributed by atoms with E-state index in [2.05, 4.69) is 17.3 Å². The number of methoxy groups -OCH3 is 1. The molecule has 0 aliphatic carbocycles. The highest BCUT2D eigenvalue weighted by Crippen LogP contribution is 2.31. The first-order valence-corrected chi connectivity index (χ1v) is 16.0. The third-order valence-electron chi connectivity index (χ3n) is 7.08. The molecule has 0 saturated heterocycles. The second-order valence-corrected chi connectivity index (χ2v) is 11.7. The summed E-state index contributed by atoms with van der Waals surface area (Å²) in [5, 5.41) is 6.35. The molecule has 2 N–H and O–H groups in total. The lowest BCUT2D eigenvalue weighted by Crippen LogP contribution is -2.15. The maximum atomic E-state index is 12.8. The second kappa shape index (κ2) is 18.0. The van der Waals surface area contributed by atoms with Crippen molar-refractivity contribution in [3.63, 3.8) is 0 Å². The van der Waals surface area contributed by atoms with Gasteiger partial charge < -0.3 is 14.8 Å². The minimum absolute atomic E-state index is 0.0889. The molecular weight excluding hydrogens is 613 g/mol. The van der Waals surface area contributed by atoms with E-state index in [0.717, 1.165) is 23.9 Å². The fraction of sp³-hybridized carbons (Fsp3) is 0.469. The summed E-state index contributed by atoms with van der Waals surface area (Å²) in [6, 6.07) is 8.69. The predicted octanol–water partition coefficient (Wildman–Crippen LogP) is 9.51. The molecule has 0 atom stereocenters. The van der Waals surface area contributed by atoms with E-state index in [-0.39, 0.29) is 32.7 Å². The Morgan fingerprint density at radius 2 is 1.35 bits per heavy atom. The molecule has 0 bridgehead atoms. The molecule has 0 spiro atoms. The third kappa shape index (κ3) is 10.6. The van der Waals surface area contributed by atoms with Gasteiger partial charge in [-0.15, -0.1) is 0 Å². The van der Waals surface area contributed by atoms with E-state index in [1.165, 1.54) is 101 Å². The average molecular weight is 653 g/mol. The first-order chi connectivity index (χ1) is 20.7. The Bertz CT molecular complexity index is 1400. The maximum Gasteiger partial charge on any atom is 0.338 e. The van der Waals surface area contributed by atoms with Crippen molar-refractivity contribution >= 4 is 58.2 Å². The number of halogens is 3. The maximum absolute atomic E-state index is 12.8. The van der Waals surface area contributed by atoms with Crippen molar-refractivity contribution in [2.24, 2.45) is 0 Å². The number of anilines is 2. The number of rotatable bonds is 18. The van der Waals surface area contributed by atoms with Gasteiger partial charge in [0, 0.05) is 6.07 Å². The van der Waals surface area contributed by atoms with Crippen LogP contribution in [0.3, 0.4) is 0 Å². The number of carbonyl (C=O) groups excluding carboxylic acids is 2. The van der Waals surface area contributed by atoms with Crippen molar-refractivity contribution in [3.05, 3.63) is 72.9 Å². The molecule has 3 rings (SSSR count). The highest BCUT2D eigenvalue weighted by molar-refractivity contribution is 6.38. The smallest absolute Gasteiger partial charge is 0.338 e. The number of H-pyrrole nitrogens is 1. The molecule has 2 aromatic carbocycles. The van der Waals surface area contributed by atoms with Crippen LogP contribution in [0.25, 0.3) is 5.69 Å². The number of carbonyl (C=O) groups is 2. The number of benzene rings is 2. The number of nitrogens with zero attached hydrogens (tertiary/aromatic N) is 1. The molecule has 8 nitrogen and oxygen atoms in total. The van der Waals surface area contributed by atoms with E-state index < -0.39 is 17.5 Å².